The lowest BCUT2D eigenvalue weighted by Gasteiger charge is -2.44. The first-order chi connectivity index (χ1) is 33.0. The molecule has 2 aliphatic carbocycles. The number of carbonyl (C=O) groups is 3. The Morgan fingerprint density at radius 2 is 1.59 bits per heavy atom. The number of fused-ring (bicyclic) bond motifs is 3. The van der Waals surface area contributed by atoms with Gasteiger partial charge in [-0.15, -0.1) is 4.83 Å². The number of phenols is 4. The van der Waals surface area contributed by atoms with E-state index in [0.717, 1.165) is 0 Å². The second-order valence-electron chi connectivity index (χ2n) is 17.1. The minimum absolute atomic E-state index is 0.0294. The molecule has 1 aliphatic heterocycles. The summed E-state index contributed by atoms with van der Waals surface area (Å²) in [5.74, 6) is -3.55. The van der Waals surface area contributed by atoms with Gasteiger partial charge in [0.05, 0.1) is 70.5 Å². The van der Waals surface area contributed by atoms with Crippen LogP contribution in [0.4, 0.5) is 0 Å². The predicted molar refractivity (Wildman–Crippen MR) is 268 cm³/mol. The number of nitrogens with two attached hydrogens (primary N) is 1. The maximum atomic E-state index is 14.7. The number of hydrazine groups is 1. The van der Waals surface area contributed by atoms with Gasteiger partial charge in [0.2, 0.25) is 5.78 Å². The summed E-state index contributed by atoms with van der Waals surface area (Å²) in [4.78, 5) is 43.5. The Morgan fingerprint density at radius 1 is 0.929 bits per heavy atom. The molecule has 5 aromatic carbocycles. The van der Waals surface area contributed by atoms with Crippen molar-refractivity contribution in [2.45, 2.75) is 80.3 Å². The molecule has 0 bridgehead atoms. The minimum atomic E-state index is -4.78. The number of phenolic OH excluding ortho intramolecular Hbond substituents is 4. The average Bonchev–Trinajstić information content (AvgIpc) is 3.32. The van der Waals surface area contributed by atoms with Gasteiger partial charge in [0.25, 0.3) is 10.0 Å². The third-order valence-electron chi connectivity index (χ3n) is 13.0. The molecular weight excluding hydrogens is 1190 g/mol. The summed E-state index contributed by atoms with van der Waals surface area (Å²) in [5, 5.41) is 69.5. The van der Waals surface area contributed by atoms with E-state index in [1.807, 2.05) is 0 Å². The Balaban J connectivity index is 1.23. The average molecular weight is 1240 g/mol. The van der Waals surface area contributed by atoms with Gasteiger partial charge in [-0.3, -0.25) is 9.59 Å². The summed E-state index contributed by atoms with van der Waals surface area (Å²) >= 11 is 13.6. The van der Waals surface area contributed by atoms with E-state index in [1.54, 1.807) is 32.0 Å². The van der Waals surface area contributed by atoms with E-state index < -0.39 is 99.3 Å². The van der Waals surface area contributed by atoms with Crippen LogP contribution in [0.5, 0.6) is 28.7 Å². The van der Waals surface area contributed by atoms with E-state index in [-0.39, 0.29) is 86.9 Å². The molecule has 0 spiro atoms. The van der Waals surface area contributed by atoms with Crippen LogP contribution in [-0.4, -0.2) is 100 Å². The first-order valence-corrected chi connectivity index (χ1v) is 25.9. The van der Waals surface area contributed by atoms with Crippen LogP contribution in [0.25, 0.3) is 12.2 Å². The van der Waals surface area contributed by atoms with Crippen molar-refractivity contribution < 1.29 is 67.7 Å². The minimum Gasteiger partial charge on any atom is -0.507 e. The zero-order chi connectivity index (χ0) is 51.0. The number of sulfonamides is 1. The topological polar surface area (TPSA) is 284 Å². The molecule has 1 fully saturated rings. The van der Waals surface area contributed by atoms with Crippen molar-refractivity contribution in [3.05, 3.63) is 133 Å². The number of hydrogen-bond acceptors (Lipinski definition) is 16. The van der Waals surface area contributed by atoms with Gasteiger partial charge in [0.15, 0.2) is 12.1 Å². The number of halogens is 4. The Kier molecular flexibility index (Phi) is 14.4. The van der Waals surface area contributed by atoms with Crippen LogP contribution in [0, 0.1) is 6.92 Å². The van der Waals surface area contributed by atoms with E-state index in [9.17, 15) is 53.4 Å². The number of aliphatic hydroxyl groups is 2. The number of aromatic hydroxyl groups is 4. The standard InChI is InChI=1S/C48H43Br4N3O14S/c1-18-23(12-26(49)44(60)39(18)51)34(24-13-27(50)45(61)40(52)19(24)2)21-8-5-6-11-31(21)70(65,66)55-54-32(17-56)48(64)15-25-36(30(16-48)69-33-14-28(53)41(57)20(3)68-33)47(63)38-37(43(25)59)42(58)22-9-7-10-29(67-4)35(22)46(38)62/h5-13,17,20,28,30,32-33,41,54-55,57,59-61,63-64H,1,14-16,53H2,2-4H3/t20?,28-,30+,32?,33+,41-,48+/m1/s1. The van der Waals surface area contributed by atoms with Crippen LogP contribution in [0.2, 0.25) is 0 Å². The van der Waals surface area contributed by atoms with Crippen molar-refractivity contribution in [1.82, 2.24) is 10.3 Å². The molecule has 0 amide bonds. The fourth-order valence-corrected chi connectivity index (χ4v) is 12.7. The van der Waals surface area contributed by atoms with Crippen LogP contribution in [0.1, 0.15) is 85.5 Å². The summed E-state index contributed by atoms with van der Waals surface area (Å²) in [6, 6.07) is 10.5. The molecule has 8 rings (SSSR count). The molecule has 1 saturated heterocycles. The van der Waals surface area contributed by atoms with Crippen LogP contribution in [0.15, 0.2) is 77.4 Å². The zero-order valence-corrected chi connectivity index (χ0v) is 44.2. The molecule has 0 saturated carbocycles. The number of carbonyl (C=O) groups excluding carboxylic acids is 3. The van der Waals surface area contributed by atoms with Crippen LogP contribution >= 0.6 is 63.7 Å². The summed E-state index contributed by atoms with van der Waals surface area (Å²) in [6.07, 6.45) is -5.93. The number of aldehydes is 1. The number of methoxy groups -OCH3 is 1. The van der Waals surface area contributed by atoms with Gasteiger partial charge in [0.1, 0.15) is 41.1 Å². The largest absolute Gasteiger partial charge is 0.507 e. The number of ketones is 2. The molecule has 10 N–H and O–H groups in total. The van der Waals surface area contributed by atoms with Crippen LogP contribution in [-0.2, 0) is 30.7 Å². The Bertz CT molecular complexity index is 3290. The van der Waals surface area contributed by atoms with E-state index >= 15 is 0 Å². The first kappa shape index (κ1) is 51.8. The van der Waals surface area contributed by atoms with Gasteiger partial charge < -0.3 is 55.4 Å². The van der Waals surface area contributed by atoms with Gasteiger partial charge in [0, 0.05) is 47.6 Å². The summed E-state index contributed by atoms with van der Waals surface area (Å²) < 4.78 is 48.0. The molecular formula is C48H43Br4N3O14S. The third kappa shape index (κ3) is 8.72. The lowest BCUT2D eigenvalue weighted by Crippen LogP contribution is -2.60. The number of ether oxygens (including phenoxy) is 3. The number of rotatable bonds is 11. The predicted octanol–water partition coefficient (Wildman–Crippen LogP) is 4.92. The highest BCUT2D eigenvalue weighted by Crippen LogP contribution is 2.53. The molecule has 22 heteroatoms. The van der Waals surface area contributed by atoms with Gasteiger partial charge in [-0.2, -0.15) is 0 Å². The Labute approximate surface area is 433 Å². The van der Waals surface area contributed by atoms with Crippen molar-refractivity contribution in [2.24, 2.45) is 5.73 Å². The second kappa shape index (κ2) is 19.5. The zero-order valence-electron chi connectivity index (χ0n) is 37.0. The number of hydrogen-bond donors (Lipinski definition) is 9. The highest BCUT2D eigenvalue weighted by molar-refractivity contribution is 9.11. The summed E-state index contributed by atoms with van der Waals surface area (Å²) in [5.41, 5.74) is 5.58. The fraction of sp³-hybridized carbons (Fsp3) is 0.271. The molecule has 3 aliphatic rings. The molecule has 0 radical (unpaired) electrons. The highest BCUT2D eigenvalue weighted by atomic mass is 79.9. The van der Waals surface area contributed by atoms with Gasteiger partial charge in [-0.1, -0.05) is 36.9 Å². The van der Waals surface area contributed by atoms with Gasteiger partial charge in [-0.05, 0) is 129 Å². The molecule has 7 atom stereocenters. The van der Waals surface area contributed by atoms with Crippen molar-refractivity contribution in [2.75, 3.05) is 7.11 Å². The smallest absolute Gasteiger partial charge is 0.253 e. The van der Waals surface area contributed by atoms with Gasteiger partial charge in [-0.25, -0.2) is 13.8 Å². The first-order valence-electron chi connectivity index (χ1n) is 21.2. The van der Waals surface area contributed by atoms with Crippen molar-refractivity contribution in [1.29, 1.82) is 0 Å². The molecule has 17 nitrogen and oxygen atoms in total. The fourth-order valence-electron chi connectivity index (χ4n) is 9.32. The molecule has 70 heavy (non-hydrogen) atoms. The maximum absolute atomic E-state index is 14.7. The monoisotopic (exact) mass is 1230 g/mol. The summed E-state index contributed by atoms with van der Waals surface area (Å²) in [7, 11) is -3.49. The van der Waals surface area contributed by atoms with Crippen molar-refractivity contribution in [3.63, 3.8) is 0 Å². The second-order valence-corrected chi connectivity index (χ2v) is 22.1. The Morgan fingerprint density at radius 3 is 2.26 bits per heavy atom. The van der Waals surface area contributed by atoms with Gasteiger partial charge >= 0.3 is 0 Å². The Hall–Kier alpha value is -4.56. The van der Waals surface area contributed by atoms with E-state index in [2.05, 4.69) is 80.6 Å². The lowest BCUT2D eigenvalue weighted by molar-refractivity contribution is -0.248. The van der Waals surface area contributed by atoms with E-state index in [1.165, 1.54) is 43.5 Å². The quantitative estimate of drug-likeness (QED) is 0.0473. The van der Waals surface area contributed by atoms with Crippen LogP contribution in [0.3, 0.4) is 0 Å². The molecule has 2 unspecified atom stereocenters. The number of benzene rings is 5. The molecule has 5 aromatic rings. The van der Waals surface area contributed by atoms with Crippen molar-refractivity contribution >= 4 is 104 Å². The SMILES string of the molecule is C=c1c(Br)c(O)c(Br)cc1=C(c1ccccc1S(=O)(=O)NNC(C=O)[C@]1(O)Cc2c(O)c3c(c(O)c2[C@@H](O[C@H]2C[C@@H](N)[C@H](O)C(C)O2)C1)C(=O)c1c(OC)cccc1C3=O)c1cc(Br)c(O)c(Br)c1C. The number of aliphatic hydroxyl groups excluding tert-OH is 1. The van der Waals surface area contributed by atoms with E-state index in [0.29, 0.717) is 20.8 Å². The highest BCUT2D eigenvalue weighted by Gasteiger charge is 2.51. The van der Waals surface area contributed by atoms with Crippen LogP contribution < -0.4 is 31.2 Å². The molecule has 1 heterocycles. The maximum Gasteiger partial charge on any atom is 0.253 e. The number of nitrogens with one attached hydrogen (secondary N) is 2. The van der Waals surface area contributed by atoms with Crippen molar-refractivity contribution in [3.8, 4) is 28.7 Å². The third-order valence-corrected chi connectivity index (χ3v) is 17.3. The molecule has 368 valence electrons. The molecule has 0 aromatic heterocycles. The summed E-state index contributed by atoms with van der Waals surface area (Å²) in [6.45, 7) is 7.40. The lowest BCUT2D eigenvalue weighted by atomic mass is 9.71. The van der Waals surface area contributed by atoms with E-state index in [4.69, 9.17) is 19.9 Å². The normalized spacial score (nSPS) is 23.0.